The van der Waals surface area contributed by atoms with E-state index in [0.29, 0.717) is 16.3 Å². The number of aromatic nitrogens is 3. The van der Waals surface area contributed by atoms with E-state index in [0.717, 1.165) is 42.1 Å². The lowest BCUT2D eigenvalue weighted by Gasteiger charge is -2.23. The summed E-state index contributed by atoms with van der Waals surface area (Å²) in [5.41, 5.74) is 7.16. The van der Waals surface area contributed by atoms with Crippen molar-refractivity contribution in [3.63, 3.8) is 0 Å². The molecule has 1 fully saturated rings. The van der Waals surface area contributed by atoms with Crippen LogP contribution in [0.2, 0.25) is 5.02 Å². The first kappa shape index (κ1) is 19.9. The Labute approximate surface area is 174 Å². The maximum atomic E-state index is 13.1. The van der Waals surface area contributed by atoms with Crippen LogP contribution in [-0.2, 0) is 5.60 Å². The van der Waals surface area contributed by atoms with E-state index in [1.165, 1.54) is 6.20 Å². The topological polar surface area (TPSA) is 94.0 Å². The van der Waals surface area contributed by atoms with Gasteiger partial charge < -0.3 is 10.8 Å². The van der Waals surface area contributed by atoms with Crippen molar-refractivity contribution >= 4 is 34.4 Å². The van der Waals surface area contributed by atoms with Crippen LogP contribution in [0.1, 0.15) is 56.8 Å². The lowest BCUT2D eigenvalue weighted by Crippen LogP contribution is -2.26. The first-order chi connectivity index (χ1) is 13.6. The fourth-order valence-electron chi connectivity index (χ4n) is 4.06. The van der Waals surface area contributed by atoms with Crippen LogP contribution in [0.25, 0.3) is 22.2 Å². The molecule has 0 unspecified atom stereocenters. The van der Waals surface area contributed by atoms with Gasteiger partial charge in [-0.3, -0.25) is 9.36 Å². The van der Waals surface area contributed by atoms with Gasteiger partial charge in [0, 0.05) is 22.6 Å². The number of aliphatic hydroxyl groups is 1. The van der Waals surface area contributed by atoms with E-state index in [-0.39, 0.29) is 11.9 Å². The summed E-state index contributed by atoms with van der Waals surface area (Å²) in [6.45, 7) is 5.64. The number of nitrogens with zero attached hydrogens (tertiary/aromatic N) is 3. The van der Waals surface area contributed by atoms with Crippen molar-refractivity contribution in [2.24, 2.45) is 5.41 Å². The van der Waals surface area contributed by atoms with Crippen molar-refractivity contribution < 1.29 is 9.90 Å². The molecule has 0 amide bonds. The van der Waals surface area contributed by atoms with Gasteiger partial charge in [-0.2, -0.15) is 0 Å². The number of carbonyl (C=O) groups is 1. The van der Waals surface area contributed by atoms with Crippen molar-refractivity contribution in [3.8, 4) is 11.3 Å². The molecule has 1 aliphatic carbocycles. The van der Waals surface area contributed by atoms with Gasteiger partial charge >= 0.3 is 0 Å². The summed E-state index contributed by atoms with van der Waals surface area (Å²) >= 11 is 6.38. The Balaban J connectivity index is 2.00. The Kier molecular flexibility index (Phi) is 4.67. The Hall–Kier alpha value is -2.44. The zero-order valence-electron chi connectivity index (χ0n) is 16.9. The van der Waals surface area contributed by atoms with E-state index in [1.54, 1.807) is 10.8 Å². The third kappa shape index (κ3) is 3.40. The molecular weight excluding hydrogens is 388 g/mol. The molecule has 7 heteroatoms. The van der Waals surface area contributed by atoms with Crippen molar-refractivity contribution in [3.05, 3.63) is 41.2 Å². The van der Waals surface area contributed by atoms with E-state index in [2.05, 4.69) is 9.97 Å². The first-order valence-electron chi connectivity index (χ1n) is 9.81. The molecule has 0 saturated heterocycles. The van der Waals surface area contributed by atoms with Gasteiger partial charge in [0.25, 0.3) is 0 Å². The molecule has 152 valence electrons. The van der Waals surface area contributed by atoms with Gasteiger partial charge in [-0.25, -0.2) is 9.97 Å². The Morgan fingerprint density at radius 3 is 2.62 bits per heavy atom. The molecule has 0 atom stereocenters. The van der Waals surface area contributed by atoms with Crippen LogP contribution in [0.15, 0.2) is 30.6 Å². The Bertz CT molecular complexity index is 1110. The molecule has 0 radical (unpaired) electrons. The molecule has 0 bridgehead atoms. The molecule has 2 aromatic heterocycles. The second kappa shape index (κ2) is 6.82. The molecule has 1 aromatic carbocycles. The highest BCUT2D eigenvalue weighted by Gasteiger charge is 2.34. The van der Waals surface area contributed by atoms with Crippen LogP contribution in [0.5, 0.6) is 0 Å². The fraction of sp³-hybridized carbons (Fsp3) is 0.409. The van der Waals surface area contributed by atoms with Gasteiger partial charge in [0.15, 0.2) is 0 Å². The lowest BCUT2D eigenvalue weighted by molar-refractivity contribution is 0.0446. The van der Waals surface area contributed by atoms with E-state index in [4.69, 9.17) is 17.3 Å². The predicted molar refractivity (Wildman–Crippen MR) is 115 cm³/mol. The number of nitrogens with two attached hydrogens (primary N) is 1. The van der Waals surface area contributed by atoms with E-state index < -0.39 is 11.0 Å². The van der Waals surface area contributed by atoms with Crippen molar-refractivity contribution in [1.29, 1.82) is 0 Å². The molecule has 3 N–H and O–H groups in total. The fourth-order valence-corrected chi connectivity index (χ4v) is 4.25. The average Bonchev–Trinajstić information content (AvgIpc) is 3.26. The number of hydrogen-bond acceptors (Lipinski definition) is 5. The number of halogens is 1. The van der Waals surface area contributed by atoms with Crippen molar-refractivity contribution in [2.75, 3.05) is 5.73 Å². The summed E-state index contributed by atoms with van der Waals surface area (Å²) in [6, 6.07) is 5.77. The van der Waals surface area contributed by atoms with Crippen LogP contribution >= 0.6 is 11.6 Å². The van der Waals surface area contributed by atoms with Crippen LogP contribution in [0, 0.1) is 5.41 Å². The minimum atomic E-state index is -0.837. The highest BCUT2D eigenvalue weighted by Crippen LogP contribution is 2.42. The van der Waals surface area contributed by atoms with Crippen LogP contribution in [-0.4, -0.2) is 25.5 Å². The van der Waals surface area contributed by atoms with Gasteiger partial charge in [-0.05, 0) is 30.5 Å². The normalized spacial score (nSPS) is 16.4. The van der Waals surface area contributed by atoms with Gasteiger partial charge in [0.05, 0.1) is 28.0 Å². The molecule has 29 heavy (non-hydrogen) atoms. The molecule has 1 saturated carbocycles. The van der Waals surface area contributed by atoms with Crippen molar-refractivity contribution in [1.82, 2.24) is 14.5 Å². The molecule has 0 aliphatic heterocycles. The molecule has 6 nitrogen and oxygen atoms in total. The third-order valence-electron chi connectivity index (χ3n) is 5.65. The standard InChI is InChI=1S/C22H25ClN4O2/c1-21(2,3)19(28)27-12-15(18-16(23)11-25-20(24)26-18)14-10-13(6-7-17(14)27)22(29)8-4-5-9-22/h6-7,10-12,29H,4-5,8-9H2,1-3H3,(H2,24,25,26). The summed E-state index contributed by atoms with van der Waals surface area (Å²) in [5.74, 6) is 0.0669. The average molecular weight is 413 g/mol. The van der Waals surface area contributed by atoms with Crippen LogP contribution in [0.3, 0.4) is 0 Å². The number of fused-ring (bicyclic) bond motifs is 1. The molecular formula is C22H25ClN4O2. The summed E-state index contributed by atoms with van der Waals surface area (Å²) in [6.07, 6.45) is 6.68. The minimum absolute atomic E-state index is 0.0424. The van der Waals surface area contributed by atoms with Gasteiger partial charge in [-0.1, -0.05) is 51.3 Å². The maximum absolute atomic E-state index is 13.1. The SMILES string of the molecule is CC(C)(C)C(=O)n1cc(-c2nc(N)ncc2Cl)c2cc(C3(O)CCCC3)ccc21. The lowest BCUT2D eigenvalue weighted by atomic mass is 9.90. The molecule has 4 rings (SSSR count). The summed E-state index contributed by atoms with van der Waals surface area (Å²) in [5, 5.41) is 12.2. The van der Waals surface area contributed by atoms with Crippen LogP contribution < -0.4 is 5.73 Å². The molecule has 1 aliphatic rings. The van der Waals surface area contributed by atoms with Gasteiger partial charge in [0.2, 0.25) is 11.9 Å². The number of nitrogen functional groups attached to an aromatic ring is 1. The quantitative estimate of drug-likeness (QED) is 0.631. The molecule has 2 heterocycles. The van der Waals surface area contributed by atoms with Gasteiger partial charge in [0.1, 0.15) is 0 Å². The highest BCUT2D eigenvalue weighted by atomic mass is 35.5. The summed E-state index contributed by atoms with van der Waals surface area (Å²) in [7, 11) is 0. The van der Waals surface area contributed by atoms with E-state index in [1.807, 2.05) is 39.0 Å². The number of anilines is 1. The number of hydrogen-bond donors (Lipinski definition) is 2. The smallest absolute Gasteiger partial charge is 0.236 e. The highest BCUT2D eigenvalue weighted by molar-refractivity contribution is 6.33. The van der Waals surface area contributed by atoms with Crippen LogP contribution in [0.4, 0.5) is 5.95 Å². The summed E-state index contributed by atoms with van der Waals surface area (Å²) in [4.78, 5) is 21.4. The Morgan fingerprint density at radius 1 is 1.28 bits per heavy atom. The predicted octanol–water partition coefficient (Wildman–Crippen LogP) is 4.78. The van der Waals surface area contributed by atoms with E-state index in [9.17, 15) is 9.90 Å². The van der Waals surface area contributed by atoms with E-state index >= 15 is 0 Å². The number of benzene rings is 1. The minimum Gasteiger partial charge on any atom is -0.385 e. The maximum Gasteiger partial charge on any atom is 0.236 e. The summed E-state index contributed by atoms with van der Waals surface area (Å²) < 4.78 is 1.64. The zero-order valence-corrected chi connectivity index (χ0v) is 17.6. The van der Waals surface area contributed by atoms with Crippen molar-refractivity contribution in [2.45, 2.75) is 52.1 Å². The second-order valence-corrected chi connectivity index (χ2v) is 9.27. The first-order valence-corrected chi connectivity index (χ1v) is 10.2. The zero-order chi connectivity index (χ0) is 21.0. The number of rotatable bonds is 2. The van der Waals surface area contributed by atoms with Gasteiger partial charge in [-0.15, -0.1) is 0 Å². The third-order valence-corrected chi connectivity index (χ3v) is 5.93. The monoisotopic (exact) mass is 412 g/mol. The molecule has 3 aromatic rings. The largest absolute Gasteiger partial charge is 0.385 e. The molecule has 0 spiro atoms. The second-order valence-electron chi connectivity index (χ2n) is 8.86. The number of carbonyl (C=O) groups excluding carboxylic acids is 1. The Morgan fingerprint density at radius 2 is 1.97 bits per heavy atom.